The first-order valence-corrected chi connectivity index (χ1v) is 13.8. The molecule has 1 saturated heterocycles. The second kappa shape index (κ2) is 9.22. The van der Waals surface area contributed by atoms with E-state index in [0.29, 0.717) is 66.3 Å². The van der Waals surface area contributed by atoms with Crippen molar-refractivity contribution < 1.29 is 22.6 Å². The van der Waals surface area contributed by atoms with Gasteiger partial charge in [-0.25, -0.2) is 22.9 Å². The predicted molar refractivity (Wildman–Crippen MR) is 144 cm³/mol. The van der Waals surface area contributed by atoms with Gasteiger partial charge in [-0.1, -0.05) is 0 Å². The van der Waals surface area contributed by atoms with Crippen molar-refractivity contribution in [2.75, 3.05) is 32.8 Å². The van der Waals surface area contributed by atoms with Crippen LogP contribution in [0.3, 0.4) is 0 Å². The Morgan fingerprint density at radius 1 is 1.10 bits per heavy atom. The summed E-state index contributed by atoms with van der Waals surface area (Å²) >= 11 is 0. The van der Waals surface area contributed by atoms with Crippen molar-refractivity contribution in [3.8, 4) is 22.8 Å². The molecule has 1 saturated carbocycles. The molecule has 0 radical (unpaired) electrons. The largest absolute Gasteiger partial charge is 0.490 e. The van der Waals surface area contributed by atoms with Crippen molar-refractivity contribution in [1.82, 2.24) is 24.0 Å². The molecule has 0 atom stereocenters. The molecule has 2 fully saturated rings. The molecule has 1 aromatic carbocycles. The number of hydrogen-bond acceptors (Lipinski definition) is 6. The van der Waals surface area contributed by atoms with Gasteiger partial charge in [0, 0.05) is 63.4 Å². The van der Waals surface area contributed by atoms with E-state index in [1.54, 1.807) is 36.1 Å². The third kappa shape index (κ3) is 3.96. The number of piperidine rings is 1. The van der Waals surface area contributed by atoms with Gasteiger partial charge in [0.15, 0.2) is 0 Å². The van der Waals surface area contributed by atoms with Crippen LogP contribution in [-0.4, -0.2) is 62.8 Å². The van der Waals surface area contributed by atoms with Crippen LogP contribution in [0.15, 0.2) is 35.4 Å². The van der Waals surface area contributed by atoms with Gasteiger partial charge in [-0.2, -0.15) is 0 Å². The van der Waals surface area contributed by atoms with E-state index >= 15 is 4.39 Å². The lowest BCUT2D eigenvalue weighted by Crippen LogP contribution is -2.50. The van der Waals surface area contributed by atoms with Crippen LogP contribution in [-0.2, 0) is 12.6 Å². The maximum atomic E-state index is 15.6. The molecule has 7 rings (SSSR count). The average Bonchev–Trinajstić information content (AvgIpc) is 3.06. The quantitative estimate of drug-likeness (QED) is 0.318. The number of rotatable bonds is 6. The summed E-state index contributed by atoms with van der Waals surface area (Å²) in [6, 6.07) is 4.82. The maximum absolute atomic E-state index is 15.6. The van der Waals surface area contributed by atoms with E-state index in [2.05, 4.69) is 9.97 Å². The lowest BCUT2D eigenvalue weighted by Gasteiger charge is -2.41. The normalized spacial score (nSPS) is 19.6. The van der Waals surface area contributed by atoms with E-state index in [-0.39, 0.29) is 30.7 Å². The van der Waals surface area contributed by atoms with Crippen molar-refractivity contribution in [3.63, 3.8) is 0 Å². The van der Waals surface area contributed by atoms with Gasteiger partial charge in [-0.15, -0.1) is 0 Å². The molecule has 40 heavy (non-hydrogen) atoms. The summed E-state index contributed by atoms with van der Waals surface area (Å²) in [6.07, 6.45) is 6.32. The molecule has 3 aliphatic rings. The Bertz CT molecular complexity index is 1670. The van der Waals surface area contributed by atoms with E-state index in [4.69, 9.17) is 9.47 Å². The Morgan fingerprint density at radius 3 is 2.60 bits per heavy atom. The fraction of sp³-hybridized carbons (Fsp3) is 0.483. The second-order valence-corrected chi connectivity index (χ2v) is 11.3. The molecular formula is C29H30F3N5O3. The topological polar surface area (TPSA) is 74.4 Å². The van der Waals surface area contributed by atoms with Crippen molar-refractivity contribution in [3.05, 3.63) is 46.9 Å². The van der Waals surface area contributed by atoms with Gasteiger partial charge in [0.2, 0.25) is 5.88 Å². The number of aromatic nitrogens is 4. The zero-order valence-electron chi connectivity index (χ0n) is 22.3. The Hall–Kier alpha value is -3.60. The number of ether oxygens (including phenoxy) is 2. The van der Waals surface area contributed by atoms with Gasteiger partial charge in [0.05, 0.1) is 45.8 Å². The van der Waals surface area contributed by atoms with Crippen LogP contribution in [0.5, 0.6) is 11.6 Å². The fourth-order valence-electron chi connectivity index (χ4n) is 6.34. The van der Waals surface area contributed by atoms with Crippen molar-refractivity contribution >= 4 is 21.9 Å². The lowest BCUT2D eigenvalue weighted by molar-refractivity contribution is -0.0554. The predicted octanol–water partition coefficient (Wildman–Crippen LogP) is 4.86. The van der Waals surface area contributed by atoms with Crippen LogP contribution in [0.1, 0.15) is 38.5 Å². The van der Waals surface area contributed by atoms with Crippen LogP contribution in [0, 0.1) is 5.82 Å². The van der Waals surface area contributed by atoms with Gasteiger partial charge < -0.3 is 14.4 Å². The zero-order valence-corrected chi connectivity index (χ0v) is 22.3. The van der Waals surface area contributed by atoms with Gasteiger partial charge in [0.1, 0.15) is 18.2 Å². The molecule has 8 nitrogen and oxygen atoms in total. The number of fused-ring (bicyclic) bond motifs is 1. The summed E-state index contributed by atoms with van der Waals surface area (Å²) in [5, 5.41) is 0.631. The van der Waals surface area contributed by atoms with Crippen LogP contribution in [0.2, 0.25) is 0 Å². The number of nitrogens with zero attached hydrogens (tertiary/aromatic N) is 5. The van der Waals surface area contributed by atoms with Gasteiger partial charge >= 0.3 is 5.69 Å². The lowest BCUT2D eigenvalue weighted by atomic mass is 9.77. The van der Waals surface area contributed by atoms with E-state index in [1.807, 2.05) is 9.47 Å². The Balaban J connectivity index is 1.17. The minimum atomic E-state index is -2.55. The highest BCUT2D eigenvalue weighted by molar-refractivity contribution is 6.09. The highest BCUT2D eigenvalue weighted by Gasteiger charge is 2.45. The zero-order chi connectivity index (χ0) is 27.6. The Labute approximate surface area is 228 Å². The fourth-order valence-corrected chi connectivity index (χ4v) is 6.34. The molecule has 210 valence electrons. The number of likely N-dealkylation sites (tertiary alicyclic amines) is 1. The van der Waals surface area contributed by atoms with Gasteiger partial charge in [-0.05, 0) is 31.7 Å². The minimum absolute atomic E-state index is 0.0984. The average molecular weight is 554 g/mol. The summed E-state index contributed by atoms with van der Waals surface area (Å²) in [5.74, 6) is -2.25. The number of hydrogen-bond donors (Lipinski definition) is 0. The van der Waals surface area contributed by atoms with E-state index < -0.39 is 17.3 Å². The SMILES string of the molecule is Cn1c(=O)n2c3c4c(c(-c5ccc(OCCCN6CCC(F)(F)CC6)nc5)c(F)cc4ncc31)OCC21CCC1. The summed E-state index contributed by atoms with van der Waals surface area (Å²) in [7, 11) is 1.74. The highest BCUT2D eigenvalue weighted by atomic mass is 19.3. The molecule has 0 unspecified atom stereocenters. The number of alkyl halides is 2. The summed E-state index contributed by atoms with van der Waals surface area (Å²) < 4.78 is 57.9. The molecule has 11 heteroatoms. The monoisotopic (exact) mass is 553 g/mol. The van der Waals surface area contributed by atoms with Crippen molar-refractivity contribution in [2.45, 2.75) is 50.0 Å². The Kier molecular flexibility index (Phi) is 5.85. The van der Waals surface area contributed by atoms with Crippen molar-refractivity contribution in [2.24, 2.45) is 7.05 Å². The molecule has 4 aromatic rings. The van der Waals surface area contributed by atoms with E-state index in [1.165, 1.54) is 6.07 Å². The highest BCUT2D eigenvalue weighted by Crippen LogP contribution is 2.48. The molecule has 3 aromatic heterocycles. The molecule has 1 spiro atoms. The number of halogens is 3. The Morgan fingerprint density at radius 2 is 1.90 bits per heavy atom. The first-order chi connectivity index (χ1) is 19.3. The summed E-state index contributed by atoms with van der Waals surface area (Å²) in [5.41, 5.74) is 2.09. The number of aryl methyl sites for hydroxylation is 1. The minimum Gasteiger partial charge on any atom is -0.490 e. The first kappa shape index (κ1) is 25.4. The third-order valence-electron chi connectivity index (χ3n) is 8.81. The number of pyridine rings is 2. The van der Waals surface area contributed by atoms with Crippen LogP contribution in [0.4, 0.5) is 13.2 Å². The molecule has 5 heterocycles. The maximum Gasteiger partial charge on any atom is 0.329 e. The third-order valence-corrected chi connectivity index (χ3v) is 8.81. The van der Waals surface area contributed by atoms with E-state index in [0.717, 1.165) is 24.8 Å². The standard InChI is InChI=1S/C29H30F3N5O3/c1-35-21-16-33-20-14-19(30)23(26-24(20)25(21)37(27(35)38)28(17-40-26)6-2-7-28)18-4-5-22(34-15-18)39-13-3-10-36-11-8-29(31,32)9-12-36/h4-5,14-16H,2-3,6-13,17H2,1H3. The first-order valence-electron chi connectivity index (χ1n) is 13.8. The van der Waals surface area contributed by atoms with Gasteiger partial charge in [0.25, 0.3) is 5.92 Å². The second-order valence-electron chi connectivity index (χ2n) is 11.3. The smallest absolute Gasteiger partial charge is 0.329 e. The summed E-state index contributed by atoms with van der Waals surface area (Å²) in [6.45, 7) is 2.14. The van der Waals surface area contributed by atoms with Crippen LogP contribution < -0.4 is 15.2 Å². The van der Waals surface area contributed by atoms with Crippen molar-refractivity contribution in [1.29, 1.82) is 0 Å². The molecular weight excluding hydrogens is 523 g/mol. The van der Waals surface area contributed by atoms with Crippen LogP contribution >= 0.6 is 0 Å². The number of benzene rings is 1. The number of imidazole rings is 1. The summed E-state index contributed by atoms with van der Waals surface area (Å²) in [4.78, 5) is 24.2. The van der Waals surface area contributed by atoms with Gasteiger partial charge in [-0.3, -0.25) is 14.1 Å². The van der Waals surface area contributed by atoms with Crippen LogP contribution in [0.25, 0.3) is 33.1 Å². The molecule has 1 aliphatic carbocycles. The molecule has 0 amide bonds. The molecule has 0 bridgehead atoms. The van der Waals surface area contributed by atoms with E-state index in [9.17, 15) is 13.6 Å². The molecule has 0 N–H and O–H groups in total. The molecule has 2 aliphatic heterocycles.